The molecule has 3 rings (SSSR count). The Balaban J connectivity index is 1.50. The molecule has 1 atom stereocenters. The van der Waals surface area contributed by atoms with Crippen molar-refractivity contribution < 1.29 is 22.8 Å². The zero-order chi connectivity index (χ0) is 24.6. The molecule has 0 aliphatic heterocycles. The molecule has 0 fully saturated rings. The largest absolute Gasteiger partial charge is 0.477 e. The van der Waals surface area contributed by atoms with E-state index in [4.69, 9.17) is 19.2 Å². The SMILES string of the molecule is CCNP(=O)(NCC)OCP(N)(=O)Nc1nc(OCCc2nc(-c3ccccc3)oc2C)cs1. The van der Waals surface area contributed by atoms with Crippen molar-refractivity contribution in [1.29, 1.82) is 0 Å². The zero-order valence-corrected chi connectivity index (χ0v) is 21.9. The first kappa shape index (κ1) is 26.6. The second-order valence-electron chi connectivity index (χ2n) is 7.22. The number of aromatic nitrogens is 2. The smallest absolute Gasteiger partial charge is 0.341 e. The Kier molecular flexibility index (Phi) is 9.44. The Morgan fingerprint density at radius 2 is 1.82 bits per heavy atom. The van der Waals surface area contributed by atoms with Gasteiger partial charge >= 0.3 is 7.67 Å². The van der Waals surface area contributed by atoms with Crippen molar-refractivity contribution in [3.8, 4) is 17.3 Å². The van der Waals surface area contributed by atoms with E-state index >= 15 is 0 Å². The molecule has 186 valence electrons. The molecule has 0 bridgehead atoms. The van der Waals surface area contributed by atoms with Crippen molar-refractivity contribution in [2.45, 2.75) is 27.2 Å². The number of nitrogens with zero attached hydrogens (tertiary/aromatic N) is 2. The highest BCUT2D eigenvalue weighted by Gasteiger charge is 2.27. The Morgan fingerprint density at radius 1 is 1.12 bits per heavy atom. The summed E-state index contributed by atoms with van der Waals surface area (Å²) in [6, 6.07) is 9.68. The number of anilines is 1. The van der Waals surface area contributed by atoms with E-state index in [1.165, 1.54) is 11.3 Å². The van der Waals surface area contributed by atoms with E-state index in [1.807, 2.05) is 37.3 Å². The van der Waals surface area contributed by atoms with Crippen molar-refractivity contribution in [3.63, 3.8) is 0 Å². The molecular weight excluding hydrogens is 498 g/mol. The van der Waals surface area contributed by atoms with Gasteiger partial charge in [0.1, 0.15) is 12.1 Å². The normalized spacial score (nSPS) is 13.5. The van der Waals surface area contributed by atoms with E-state index in [9.17, 15) is 9.13 Å². The lowest BCUT2D eigenvalue weighted by Gasteiger charge is -2.21. The Labute approximate surface area is 202 Å². The Hall–Kier alpha value is -2.04. The number of oxazole rings is 1. The molecule has 14 heteroatoms. The summed E-state index contributed by atoms with van der Waals surface area (Å²) in [5.41, 5.74) is 7.57. The molecule has 3 aromatic rings. The Morgan fingerprint density at radius 3 is 2.50 bits per heavy atom. The number of benzene rings is 1. The average Bonchev–Trinajstić information content (AvgIpc) is 3.39. The molecule has 2 aromatic heterocycles. The third kappa shape index (κ3) is 7.74. The summed E-state index contributed by atoms with van der Waals surface area (Å²) in [5, 5.41) is 10.1. The lowest BCUT2D eigenvalue weighted by molar-refractivity contribution is 0.310. The van der Waals surface area contributed by atoms with Gasteiger partial charge in [0, 0.05) is 25.1 Å². The van der Waals surface area contributed by atoms with E-state index < -0.39 is 21.5 Å². The molecule has 0 aliphatic rings. The number of hydrogen-bond acceptors (Lipinski definition) is 8. The van der Waals surface area contributed by atoms with Crippen LogP contribution in [-0.4, -0.2) is 36.0 Å². The van der Waals surface area contributed by atoms with Gasteiger partial charge in [0.2, 0.25) is 11.8 Å². The molecule has 34 heavy (non-hydrogen) atoms. The first-order valence-corrected chi connectivity index (χ1v) is 15.2. The summed E-state index contributed by atoms with van der Waals surface area (Å²) < 4.78 is 42.0. The first-order valence-electron chi connectivity index (χ1n) is 10.7. The molecule has 0 amide bonds. The van der Waals surface area contributed by atoms with Crippen LogP contribution in [0.15, 0.2) is 40.1 Å². The third-order valence-electron chi connectivity index (χ3n) is 4.43. The third-order valence-corrected chi connectivity index (χ3v) is 8.59. The van der Waals surface area contributed by atoms with E-state index in [0.717, 1.165) is 17.0 Å². The molecule has 0 aliphatic carbocycles. The predicted octanol–water partition coefficient (Wildman–Crippen LogP) is 4.59. The molecular formula is C20H30N6O5P2S. The lowest BCUT2D eigenvalue weighted by Crippen LogP contribution is -2.25. The van der Waals surface area contributed by atoms with E-state index in [2.05, 4.69) is 25.2 Å². The van der Waals surface area contributed by atoms with Gasteiger partial charge in [0.05, 0.1) is 17.7 Å². The lowest BCUT2D eigenvalue weighted by atomic mass is 10.2. The highest BCUT2D eigenvalue weighted by Crippen LogP contribution is 2.46. The summed E-state index contributed by atoms with van der Waals surface area (Å²) >= 11 is 1.19. The Bertz CT molecular complexity index is 1150. The maximum absolute atomic E-state index is 12.7. The van der Waals surface area contributed by atoms with Gasteiger partial charge in [-0.2, -0.15) is 4.98 Å². The first-order chi connectivity index (χ1) is 16.2. The van der Waals surface area contributed by atoms with Crippen LogP contribution >= 0.6 is 26.5 Å². The summed E-state index contributed by atoms with van der Waals surface area (Å²) in [4.78, 5) is 8.81. The topological polar surface area (TPSA) is 154 Å². The number of hydrogen-bond donors (Lipinski definition) is 4. The van der Waals surface area contributed by atoms with Gasteiger partial charge in [0.25, 0.3) is 7.44 Å². The van der Waals surface area contributed by atoms with Gasteiger partial charge < -0.3 is 9.15 Å². The van der Waals surface area contributed by atoms with Gasteiger partial charge in [-0.25, -0.2) is 15.2 Å². The monoisotopic (exact) mass is 528 g/mol. The summed E-state index contributed by atoms with van der Waals surface area (Å²) in [6.45, 7) is 6.62. The minimum absolute atomic E-state index is 0.315. The molecule has 5 N–H and O–H groups in total. The highest BCUT2D eigenvalue weighted by atomic mass is 32.1. The fraction of sp³-hybridized carbons (Fsp3) is 0.400. The van der Waals surface area contributed by atoms with Crippen LogP contribution < -0.4 is 25.5 Å². The predicted molar refractivity (Wildman–Crippen MR) is 134 cm³/mol. The van der Waals surface area contributed by atoms with Crippen molar-refractivity contribution >= 4 is 31.6 Å². The van der Waals surface area contributed by atoms with Gasteiger partial charge in [-0.1, -0.05) is 32.0 Å². The maximum Gasteiger partial charge on any atom is 0.341 e. The van der Waals surface area contributed by atoms with Crippen molar-refractivity contribution in [3.05, 3.63) is 47.2 Å². The van der Waals surface area contributed by atoms with Crippen LogP contribution in [0, 0.1) is 6.92 Å². The molecule has 1 unspecified atom stereocenters. The van der Waals surface area contributed by atoms with Crippen LogP contribution in [0.25, 0.3) is 11.5 Å². The van der Waals surface area contributed by atoms with Gasteiger partial charge in [-0.3, -0.25) is 24.2 Å². The van der Waals surface area contributed by atoms with Gasteiger partial charge in [0.15, 0.2) is 5.13 Å². The van der Waals surface area contributed by atoms with Crippen LogP contribution in [0.2, 0.25) is 0 Å². The number of nitrogens with two attached hydrogens (primary N) is 1. The molecule has 1 aromatic carbocycles. The minimum atomic E-state index is -3.51. The number of ether oxygens (including phenoxy) is 1. The number of nitrogens with one attached hydrogen (secondary N) is 3. The highest BCUT2D eigenvalue weighted by molar-refractivity contribution is 7.64. The second-order valence-corrected chi connectivity index (χ2v) is 12.1. The average molecular weight is 529 g/mol. The fourth-order valence-electron chi connectivity index (χ4n) is 2.92. The quantitative estimate of drug-likeness (QED) is 0.217. The summed E-state index contributed by atoms with van der Waals surface area (Å²) in [7, 11) is -6.84. The summed E-state index contributed by atoms with van der Waals surface area (Å²) in [5.74, 6) is 1.67. The van der Waals surface area contributed by atoms with Crippen molar-refractivity contribution in [2.24, 2.45) is 5.50 Å². The minimum Gasteiger partial charge on any atom is -0.477 e. The molecule has 0 spiro atoms. The van der Waals surface area contributed by atoms with Gasteiger partial charge in [-0.15, -0.1) is 11.3 Å². The molecule has 0 radical (unpaired) electrons. The molecule has 2 heterocycles. The zero-order valence-electron chi connectivity index (χ0n) is 19.3. The summed E-state index contributed by atoms with van der Waals surface area (Å²) in [6.07, 6.45) is 0.102. The standard InChI is InChI=1S/C20H30N6O5P2S/c1-4-22-33(28,23-5-2)30-14-32(21,27)26-20-25-18(13-34-20)29-12-11-17-15(3)31-19(24-17)16-9-7-6-8-10-16/h6-10,13H,4-5,11-12,14H2,1-3H3,(H2,22,23,28)(H3,21,25,26,27). The number of thiazole rings is 1. The number of aryl methyl sites for hydroxylation is 1. The van der Waals surface area contributed by atoms with Gasteiger partial charge in [-0.05, 0) is 19.1 Å². The maximum atomic E-state index is 12.7. The second kappa shape index (κ2) is 12.1. The van der Waals surface area contributed by atoms with Crippen LogP contribution in [0.4, 0.5) is 5.13 Å². The van der Waals surface area contributed by atoms with Crippen LogP contribution in [0.1, 0.15) is 25.3 Å². The molecule has 11 nitrogen and oxygen atoms in total. The molecule has 0 saturated carbocycles. The van der Waals surface area contributed by atoms with E-state index in [1.54, 1.807) is 19.2 Å². The van der Waals surface area contributed by atoms with Crippen LogP contribution in [-0.2, 0) is 20.1 Å². The van der Waals surface area contributed by atoms with E-state index in [0.29, 0.717) is 43.0 Å². The van der Waals surface area contributed by atoms with E-state index in [-0.39, 0.29) is 0 Å². The number of rotatable bonds is 14. The van der Waals surface area contributed by atoms with Crippen LogP contribution in [0.5, 0.6) is 5.88 Å². The molecule has 0 saturated heterocycles. The fourth-order valence-corrected chi connectivity index (χ4v) is 6.97. The van der Waals surface area contributed by atoms with Crippen LogP contribution in [0.3, 0.4) is 0 Å². The van der Waals surface area contributed by atoms with Crippen molar-refractivity contribution in [2.75, 3.05) is 31.1 Å². The van der Waals surface area contributed by atoms with Crippen molar-refractivity contribution in [1.82, 2.24) is 20.1 Å².